The summed E-state index contributed by atoms with van der Waals surface area (Å²) in [6.45, 7) is 4.67. The molecular weight excluding hydrogens is 362 g/mol. The van der Waals surface area contributed by atoms with Gasteiger partial charge in [-0.25, -0.2) is 4.98 Å². The molecular formula is C24H23N3O2. The van der Waals surface area contributed by atoms with Crippen molar-refractivity contribution in [2.45, 2.75) is 26.7 Å². The molecule has 29 heavy (non-hydrogen) atoms. The highest BCUT2D eigenvalue weighted by Gasteiger charge is 2.24. The summed E-state index contributed by atoms with van der Waals surface area (Å²) in [4.78, 5) is 31.9. The van der Waals surface area contributed by atoms with Crippen LogP contribution >= 0.6 is 0 Å². The van der Waals surface area contributed by atoms with E-state index in [0.29, 0.717) is 12.2 Å². The van der Waals surface area contributed by atoms with Gasteiger partial charge in [-0.15, -0.1) is 0 Å². The predicted octanol–water partition coefficient (Wildman–Crippen LogP) is 4.54. The molecule has 2 amide bonds. The fraction of sp³-hybridized carbons (Fsp3) is 0.208. The molecule has 0 radical (unpaired) electrons. The van der Waals surface area contributed by atoms with Gasteiger partial charge in [0.2, 0.25) is 0 Å². The molecule has 1 N–H and O–H groups in total. The molecule has 0 saturated heterocycles. The molecule has 0 fully saturated rings. The molecule has 2 aromatic carbocycles. The number of pyridine rings is 1. The summed E-state index contributed by atoms with van der Waals surface area (Å²) < 4.78 is 0. The van der Waals surface area contributed by atoms with Crippen LogP contribution in [-0.4, -0.2) is 23.3 Å². The summed E-state index contributed by atoms with van der Waals surface area (Å²) in [5.74, 6) is -0.514. The van der Waals surface area contributed by atoms with Crippen molar-refractivity contribution in [1.29, 1.82) is 0 Å². The molecule has 1 aliphatic rings. The number of rotatable bonds is 3. The number of carbonyl (C=O) groups is 2. The number of amides is 2. The van der Waals surface area contributed by atoms with Gasteiger partial charge in [0.15, 0.2) is 0 Å². The third-order valence-electron chi connectivity index (χ3n) is 5.32. The van der Waals surface area contributed by atoms with Crippen LogP contribution in [0.1, 0.15) is 44.1 Å². The molecule has 3 aromatic rings. The lowest BCUT2D eigenvalue weighted by Crippen LogP contribution is -2.36. The van der Waals surface area contributed by atoms with Gasteiger partial charge in [-0.05, 0) is 73.7 Å². The minimum atomic E-state index is -0.332. The molecule has 0 bridgehead atoms. The van der Waals surface area contributed by atoms with Crippen molar-refractivity contribution in [3.63, 3.8) is 0 Å². The van der Waals surface area contributed by atoms with Gasteiger partial charge in [-0.2, -0.15) is 0 Å². The number of carbonyl (C=O) groups excluding carboxylic acids is 2. The fourth-order valence-corrected chi connectivity index (χ4v) is 3.58. The third kappa shape index (κ3) is 3.90. The average Bonchev–Trinajstić information content (AvgIpc) is 2.75. The SMILES string of the molecule is Cc1ccc(NC(=O)c2cccc(C(=O)N3CCCc4ccccc43)n2)cc1C. The largest absolute Gasteiger partial charge is 0.321 e. The molecule has 4 rings (SSSR count). The van der Waals surface area contributed by atoms with E-state index in [1.807, 2.05) is 50.2 Å². The van der Waals surface area contributed by atoms with Crippen molar-refractivity contribution in [2.75, 3.05) is 16.8 Å². The predicted molar refractivity (Wildman–Crippen MR) is 115 cm³/mol. The van der Waals surface area contributed by atoms with E-state index in [9.17, 15) is 9.59 Å². The molecule has 1 aromatic heterocycles. The minimum Gasteiger partial charge on any atom is -0.321 e. The Morgan fingerprint density at radius 2 is 1.72 bits per heavy atom. The second-order valence-electron chi connectivity index (χ2n) is 7.35. The standard InChI is InChI=1S/C24H23N3O2/c1-16-12-13-19(15-17(16)2)25-23(28)20-9-5-10-21(26-20)24(29)27-14-6-8-18-7-3-4-11-22(18)27/h3-5,7,9-13,15H,6,8,14H2,1-2H3,(H,25,28). The Hall–Kier alpha value is -3.47. The summed E-state index contributed by atoms with van der Waals surface area (Å²) in [5.41, 5.74) is 5.56. The Morgan fingerprint density at radius 3 is 2.55 bits per heavy atom. The van der Waals surface area contributed by atoms with E-state index in [2.05, 4.69) is 16.4 Å². The second-order valence-corrected chi connectivity index (χ2v) is 7.35. The van der Waals surface area contributed by atoms with E-state index in [1.54, 1.807) is 23.1 Å². The van der Waals surface area contributed by atoms with E-state index in [1.165, 1.54) is 0 Å². The topological polar surface area (TPSA) is 62.3 Å². The van der Waals surface area contributed by atoms with Crippen LogP contribution < -0.4 is 10.2 Å². The average molecular weight is 385 g/mol. The number of para-hydroxylation sites is 1. The van der Waals surface area contributed by atoms with E-state index in [-0.39, 0.29) is 23.2 Å². The first kappa shape index (κ1) is 18.9. The number of nitrogens with one attached hydrogen (secondary N) is 1. The zero-order valence-corrected chi connectivity index (χ0v) is 16.6. The van der Waals surface area contributed by atoms with Crippen LogP contribution in [0.2, 0.25) is 0 Å². The Balaban J connectivity index is 1.56. The Labute approximate surface area is 170 Å². The molecule has 0 atom stereocenters. The molecule has 0 unspecified atom stereocenters. The van der Waals surface area contributed by atoms with Crippen molar-refractivity contribution in [3.8, 4) is 0 Å². The van der Waals surface area contributed by atoms with Crippen molar-refractivity contribution in [3.05, 3.63) is 88.7 Å². The quantitative estimate of drug-likeness (QED) is 0.720. The van der Waals surface area contributed by atoms with Gasteiger partial charge in [0, 0.05) is 17.9 Å². The summed E-state index contributed by atoms with van der Waals surface area (Å²) in [7, 11) is 0. The van der Waals surface area contributed by atoms with Crippen molar-refractivity contribution in [1.82, 2.24) is 4.98 Å². The maximum atomic E-state index is 13.1. The van der Waals surface area contributed by atoms with Crippen LogP contribution in [-0.2, 0) is 6.42 Å². The number of aromatic nitrogens is 1. The lowest BCUT2D eigenvalue weighted by molar-refractivity contribution is 0.0980. The van der Waals surface area contributed by atoms with Crippen molar-refractivity contribution >= 4 is 23.2 Å². The van der Waals surface area contributed by atoms with Gasteiger partial charge in [0.1, 0.15) is 11.4 Å². The van der Waals surface area contributed by atoms with Crippen LogP contribution in [0.5, 0.6) is 0 Å². The summed E-state index contributed by atoms with van der Waals surface area (Å²) >= 11 is 0. The number of nitrogens with zero attached hydrogens (tertiary/aromatic N) is 2. The molecule has 0 saturated carbocycles. The Kier molecular flexibility index (Phi) is 5.12. The number of aryl methyl sites for hydroxylation is 3. The molecule has 2 heterocycles. The van der Waals surface area contributed by atoms with Crippen LogP contribution in [0.25, 0.3) is 0 Å². The van der Waals surface area contributed by atoms with E-state index in [4.69, 9.17) is 0 Å². The third-order valence-corrected chi connectivity index (χ3v) is 5.32. The van der Waals surface area contributed by atoms with E-state index in [0.717, 1.165) is 35.2 Å². The van der Waals surface area contributed by atoms with Gasteiger partial charge in [-0.3, -0.25) is 9.59 Å². The van der Waals surface area contributed by atoms with Gasteiger partial charge < -0.3 is 10.2 Å². The molecule has 5 nitrogen and oxygen atoms in total. The maximum absolute atomic E-state index is 13.1. The molecule has 0 spiro atoms. The van der Waals surface area contributed by atoms with Gasteiger partial charge in [0.25, 0.3) is 11.8 Å². The lowest BCUT2D eigenvalue weighted by Gasteiger charge is -2.29. The molecule has 0 aliphatic carbocycles. The van der Waals surface area contributed by atoms with Crippen LogP contribution in [0, 0.1) is 13.8 Å². The highest BCUT2D eigenvalue weighted by molar-refractivity contribution is 6.07. The monoisotopic (exact) mass is 385 g/mol. The summed E-state index contributed by atoms with van der Waals surface area (Å²) in [6, 6.07) is 18.7. The highest BCUT2D eigenvalue weighted by atomic mass is 16.2. The van der Waals surface area contributed by atoms with Crippen LogP contribution in [0.3, 0.4) is 0 Å². The van der Waals surface area contributed by atoms with Gasteiger partial charge in [-0.1, -0.05) is 30.3 Å². The Morgan fingerprint density at radius 1 is 0.931 bits per heavy atom. The Bertz CT molecular complexity index is 1090. The minimum absolute atomic E-state index is 0.182. The number of benzene rings is 2. The number of fused-ring (bicyclic) bond motifs is 1. The first-order valence-corrected chi connectivity index (χ1v) is 9.78. The number of hydrogen-bond acceptors (Lipinski definition) is 3. The lowest BCUT2D eigenvalue weighted by atomic mass is 10.0. The zero-order valence-electron chi connectivity index (χ0n) is 16.6. The zero-order chi connectivity index (χ0) is 20.4. The second kappa shape index (κ2) is 7.87. The smallest absolute Gasteiger partial charge is 0.276 e. The summed E-state index contributed by atoms with van der Waals surface area (Å²) in [6.07, 6.45) is 1.88. The van der Waals surface area contributed by atoms with E-state index < -0.39 is 0 Å². The molecule has 5 heteroatoms. The molecule has 1 aliphatic heterocycles. The maximum Gasteiger partial charge on any atom is 0.276 e. The first-order chi connectivity index (χ1) is 14.0. The van der Waals surface area contributed by atoms with Gasteiger partial charge in [0.05, 0.1) is 0 Å². The molecule has 146 valence electrons. The highest BCUT2D eigenvalue weighted by Crippen LogP contribution is 2.27. The van der Waals surface area contributed by atoms with Crippen LogP contribution in [0.15, 0.2) is 60.7 Å². The first-order valence-electron chi connectivity index (χ1n) is 9.78. The van der Waals surface area contributed by atoms with Gasteiger partial charge >= 0.3 is 0 Å². The normalized spacial score (nSPS) is 13.0. The summed E-state index contributed by atoms with van der Waals surface area (Å²) in [5, 5.41) is 2.86. The van der Waals surface area contributed by atoms with Crippen LogP contribution in [0.4, 0.5) is 11.4 Å². The number of anilines is 2. The van der Waals surface area contributed by atoms with E-state index >= 15 is 0 Å². The fourth-order valence-electron chi connectivity index (χ4n) is 3.58. The number of hydrogen-bond donors (Lipinski definition) is 1. The van der Waals surface area contributed by atoms with Crippen molar-refractivity contribution in [2.24, 2.45) is 0 Å². The van der Waals surface area contributed by atoms with Crippen molar-refractivity contribution < 1.29 is 9.59 Å².